The molecule has 1 saturated carbocycles. The number of amides is 2. The van der Waals surface area contributed by atoms with Crippen LogP contribution in [-0.2, 0) is 11.2 Å². The Bertz CT molecular complexity index is 968. The van der Waals surface area contributed by atoms with Crippen molar-refractivity contribution in [3.05, 3.63) is 59.2 Å². The fourth-order valence-corrected chi connectivity index (χ4v) is 5.40. The van der Waals surface area contributed by atoms with Crippen LogP contribution in [0.1, 0.15) is 73.4 Å². The summed E-state index contributed by atoms with van der Waals surface area (Å²) < 4.78 is 0. The third kappa shape index (κ3) is 7.11. The third-order valence-corrected chi connectivity index (χ3v) is 7.68. The number of thioether (sulfide) groups is 1. The maximum atomic E-state index is 13.2. The molecule has 4 nitrogen and oxygen atoms in total. The number of rotatable bonds is 10. The molecule has 0 bridgehead atoms. The Labute approximate surface area is 209 Å². The van der Waals surface area contributed by atoms with E-state index in [0.717, 1.165) is 47.3 Å². The quantitative estimate of drug-likeness (QED) is 0.437. The van der Waals surface area contributed by atoms with E-state index in [2.05, 4.69) is 43.6 Å². The van der Waals surface area contributed by atoms with Crippen LogP contribution in [-0.4, -0.2) is 47.9 Å². The minimum atomic E-state index is -0.0356. The van der Waals surface area contributed by atoms with E-state index >= 15 is 0 Å². The summed E-state index contributed by atoms with van der Waals surface area (Å²) in [5.74, 6) is 1.20. The van der Waals surface area contributed by atoms with Gasteiger partial charge < -0.3 is 10.2 Å². The van der Waals surface area contributed by atoms with Crippen molar-refractivity contribution in [1.82, 2.24) is 10.2 Å². The third-order valence-electron chi connectivity index (χ3n) is 7.04. The molecule has 1 aliphatic rings. The molecule has 34 heavy (non-hydrogen) atoms. The lowest BCUT2D eigenvalue weighted by Gasteiger charge is -2.31. The van der Waals surface area contributed by atoms with E-state index in [1.165, 1.54) is 19.3 Å². The van der Waals surface area contributed by atoms with E-state index in [-0.39, 0.29) is 17.9 Å². The van der Waals surface area contributed by atoms with Crippen molar-refractivity contribution in [1.29, 1.82) is 0 Å². The topological polar surface area (TPSA) is 49.4 Å². The highest BCUT2D eigenvalue weighted by molar-refractivity contribution is 7.98. The molecule has 0 spiro atoms. The summed E-state index contributed by atoms with van der Waals surface area (Å²) in [6.07, 6.45) is 10.2. The van der Waals surface area contributed by atoms with Crippen LogP contribution >= 0.6 is 11.8 Å². The molecule has 5 heteroatoms. The van der Waals surface area contributed by atoms with Crippen LogP contribution in [0.4, 0.5) is 0 Å². The number of benzene rings is 2. The minimum Gasteiger partial charge on any atom is -0.350 e. The molecule has 1 fully saturated rings. The molecular formula is C29H40N2O2S. The number of aryl methyl sites for hydroxylation is 2. The van der Waals surface area contributed by atoms with E-state index in [0.29, 0.717) is 24.4 Å². The zero-order valence-electron chi connectivity index (χ0n) is 21.2. The molecule has 1 aliphatic carbocycles. The summed E-state index contributed by atoms with van der Waals surface area (Å²) in [6, 6.07) is 14.8. The van der Waals surface area contributed by atoms with E-state index in [4.69, 9.17) is 0 Å². The first-order chi connectivity index (χ1) is 16.4. The van der Waals surface area contributed by atoms with Crippen molar-refractivity contribution in [2.45, 2.75) is 77.3 Å². The highest BCUT2D eigenvalue weighted by Crippen LogP contribution is 2.29. The van der Waals surface area contributed by atoms with Crippen LogP contribution in [0.2, 0.25) is 0 Å². The first-order valence-corrected chi connectivity index (χ1v) is 14.0. The summed E-state index contributed by atoms with van der Waals surface area (Å²) in [7, 11) is 1.96. The van der Waals surface area contributed by atoms with Crippen LogP contribution in [0.25, 0.3) is 11.1 Å². The number of carbonyl (C=O) groups is 2. The van der Waals surface area contributed by atoms with Gasteiger partial charge in [-0.25, -0.2) is 0 Å². The fraction of sp³-hybridized carbons (Fsp3) is 0.517. The van der Waals surface area contributed by atoms with Crippen molar-refractivity contribution >= 4 is 23.6 Å². The molecule has 2 amide bonds. The average Bonchev–Trinajstić information content (AvgIpc) is 2.86. The van der Waals surface area contributed by atoms with Gasteiger partial charge in [0.25, 0.3) is 5.91 Å². The molecule has 184 valence electrons. The van der Waals surface area contributed by atoms with Crippen molar-refractivity contribution in [3.63, 3.8) is 0 Å². The fourth-order valence-electron chi connectivity index (χ4n) is 4.81. The van der Waals surface area contributed by atoms with Gasteiger partial charge in [-0.1, -0.05) is 55.7 Å². The Hall–Kier alpha value is -2.27. The van der Waals surface area contributed by atoms with Gasteiger partial charge in [-0.3, -0.25) is 9.59 Å². The standard InChI is InChI=1S/C29H40N2O2S/c1-21-10-8-9-13-25(21)27-20-23(14-16-26(27)29(33)30-22(2)18-19-34-4)15-17-28(32)31(3)24-11-6-5-7-12-24/h8-10,13-14,16,20,22,24H,5-7,11-12,15,17-19H2,1-4H3,(H,30,33)/t22-/m1/s1. The van der Waals surface area contributed by atoms with Crippen LogP contribution in [0.3, 0.4) is 0 Å². The SMILES string of the molecule is CSCC[C@@H](C)NC(=O)c1ccc(CCC(=O)N(C)C2CCCCC2)cc1-c1ccccc1C. The summed E-state index contributed by atoms with van der Waals surface area (Å²) in [5.41, 5.74) is 4.93. The molecule has 1 N–H and O–H groups in total. The Balaban J connectivity index is 1.78. The highest BCUT2D eigenvalue weighted by Gasteiger charge is 2.22. The van der Waals surface area contributed by atoms with Crippen LogP contribution in [0.15, 0.2) is 42.5 Å². The maximum absolute atomic E-state index is 13.2. The molecule has 0 saturated heterocycles. The highest BCUT2D eigenvalue weighted by atomic mass is 32.2. The number of hydrogen-bond donors (Lipinski definition) is 1. The average molecular weight is 481 g/mol. The van der Waals surface area contributed by atoms with Crippen LogP contribution in [0, 0.1) is 6.92 Å². The van der Waals surface area contributed by atoms with E-state index < -0.39 is 0 Å². The first-order valence-electron chi connectivity index (χ1n) is 12.6. The zero-order chi connectivity index (χ0) is 24.5. The summed E-state index contributed by atoms with van der Waals surface area (Å²) in [5, 5.41) is 3.17. The molecule has 0 aromatic heterocycles. The Morgan fingerprint density at radius 1 is 1.09 bits per heavy atom. The lowest BCUT2D eigenvalue weighted by atomic mass is 9.92. The first kappa shape index (κ1) is 26.3. The number of nitrogens with zero attached hydrogens (tertiary/aromatic N) is 1. The van der Waals surface area contributed by atoms with Crippen LogP contribution in [0.5, 0.6) is 0 Å². The number of nitrogens with one attached hydrogen (secondary N) is 1. The van der Waals surface area contributed by atoms with E-state index in [1.54, 1.807) is 11.8 Å². The van der Waals surface area contributed by atoms with Gasteiger partial charge in [0.2, 0.25) is 5.91 Å². The van der Waals surface area contributed by atoms with Gasteiger partial charge in [-0.2, -0.15) is 11.8 Å². The summed E-state index contributed by atoms with van der Waals surface area (Å²) in [6.45, 7) is 4.14. The molecule has 1 atom stereocenters. The smallest absolute Gasteiger partial charge is 0.252 e. The molecule has 3 rings (SSSR count). The minimum absolute atomic E-state index is 0.0356. The number of carbonyl (C=O) groups excluding carboxylic acids is 2. The zero-order valence-corrected chi connectivity index (χ0v) is 22.0. The van der Waals surface area contributed by atoms with Gasteiger partial charge in [0.05, 0.1) is 0 Å². The second kappa shape index (κ2) is 13.0. The molecular weight excluding hydrogens is 440 g/mol. The van der Waals surface area contributed by atoms with Gasteiger partial charge in [-0.05, 0) is 79.9 Å². The normalized spacial score (nSPS) is 15.1. The monoisotopic (exact) mass is 480 g/mol. The second-order valence-corrected chi connectivity index (χ2v) is 10.6. The van der Waals surface area contributed by atoms with E-state index in [9.17, 15) is 9.59 Å². The van der Waals surface area contributed by atoms with Gasteiger partial charge in [0, 0.05) is 31.1 Å². The molecule has 2 aromatic carbocycles. The Morgan fingerprint density at radius 2 is 1.82 bits per heavy atom. The largest absolute Gasteiger partial charge is 0.350 e. The van der Waals surface area contributed by atoms with Gasteiger partial charge in [0.15, 0.2) is 0 Å². The summed E-state index contributed by atoms with van der Waals surface area (Å²) in [4.78, 5) is 28.0. The second-order valence-electron chi connectivity index (χ2n) is 9.65. The maximum Gasteiger partial charge on any atom is 0.252 e. The molecule has 0 heterocycles. The Morgan fingerprint density at radius 3 is 2.53 bits per heavy atom. The van der Waals surface area contributed by atoms with Crippen molar-refractivity contribution < 1.29 is 9.59 Å². The lowest BCUT2D eigenvalue weighted by molar-refractivity contribution is -0.132. The molecule has 0 unspecified atom stereocenters. The van der Waals surface area contributed by atoms with Crippen LogP contribution < -0.4 is 5.32 Å². The predicted octanol–water partition coefficient (Wildman–Crippen LogP) is 6.26. The van der Waals surface area contributed by atoms with Gasteiger partial charge >= 0.3 is 0 Å². The number of hydrogen-bond acceptors (Lipinski definition) is 3. The van der Waals surface area contributed by atoms with E-state index in [1.807, 2.05) is 36.2 Å². The molecule has 0 aliphatic heterocycles. The summed E-state index contributed by atoms with van der Waals surface area (Å²) >= 11 is 1.79. The van der Waals surface area contributed by atoms with Crippen molar-refractivity contribution in [2.75, 3.05) is 19.1 Å². The lowest BCUT2D eigenvalue weighted by Crippen LogP contribution is -2.38. The molecule has 0 radical (unpaired) electrons. The van der Waals surface area contributed by atoms with Gasteiger partial charge in [-0.15, -0.1) is 0 Å². The predicted molar refractivity (Wildman–Crippen MR) is 145 cm³/mol. The Kier molecular flexibility index (Phi) is 10.1. The molecule has 2 aromatic rings. The van der Waals surface area contributed by atoms with Gasteiger partial charge in [0.1, 0.15) is 0 Å². The van der Waals surface area contributed by atoms with Crippen molar-refractivity contribution in [3.8, 4) is 11.1 Å². The van der Waals surface area contributed by atoms with Crippen molar-refractivity contribution in [2.24, 2.45) is 0 Å².